The van der Waals surface area contributed by atoms with E-state index in [1.54, 1.807) is 0 Å². The van der Waals surface area contributed by atoms with Gasteiger partial charge in [0.15, 0.2) is 0 Å². The van der Waals surface area contributed by atoms with Crippen LogP contribution in [0.2, 0.25) is 0 Å². The van der Waals surface area contributed by atoms with Crippen molar-refractivity contribution in [3.8, 4) is 0 Å². The minimum atomic E-state index is -0.434. The van der Waals surface area contributed by atoms with E-state index in [0.29, 0.717) is 17.6 Å². The number of unbranched alkanes of at least 4 members (excludes halogenated alkanes) is 5. The lowest BCUT2D eigenvalue weighted by molar-refractivity contribution is -0.139. The topological polar surface area (TPSA) is 52.6 Å². The minimum Gasteiger partial charge on any atom is -0.466 e. The Morgan fingerprint density at radius 3 is 1.86 bits per heavy atom. The minimum absolute atomic E-state index is 0.0633. The molecule has 0 unspecified atom stereocenters. The van der Waals surface area contributed by atoms with Crippen LogP contribution in [-0.4, -0.2) is 26.2 Å². The Kier molecular flexibility index (Phi) is 10.6. The normalized spacial score (nSPS) is 12.1. The van der Waals surface area contributed by atoms with Crippen molar-refractivity contribution in [2.75, 3.05) is 14.2 Å². The standard InChI is InChI=1S/C17H30O4/c1-6-7-8-9-10-11-12-14(16(18)20-4)15(13(2)3)17(19)21-5/h13H,6-12H2,1-5H3/b15-14-. The molecule has 4 nitrogen and oxygen atoms in total. The monoisotopic (exact) mass is 298 g/mol. The van der Waals surface area contributed by atoms with Crippen molar-refractivity contribution in [2.24, 2.45) is 5.92 Å². The van der Waals surface area contributed by atoms with Gasteiger partial charge >= 0.3 is 11.9 Å². The first-order valence-electron chi connectivity index (χ1n) is 7.89. The molecular weight excluding hydrogens is 268 g/mol. The molecule has 0 radical (unpaired) electrons. The molecule has 0 aliphatic carbocycles. The number of carbonyl (C=O) groups excluding carboxylic acids is 2. The summed E-state index contributed by atoms with van der Waals surface area (Å²) in [6.45, 7) is 5.95. The predicted octanol–water partition coefficient (Wildman–Crippen LogP) is 4.04. The Hall–Kier alpha value is -1.32. The van der Waals surface area contributed by atoms with Crippen molar-refractivity contribution in [3.63, 3.8) is 0 Å². The lowest BCUT2D eigenvalue weighted by Gasteiger charge is -2.15. The van der Waals surface area contributed by atoms with E-state index in [-0.39, 0.29) is 5.92 Å². The second-order valence-electron chi connectivity index (χ2n) is 5.55. The molecule has 0 saturated heterocycles. The molecule has 21 heavy (non-hydrogen) atoms. The summed E-state index contributed by atoms with van der Waals surface area (Å²) < 4.78 is 9.63. The van der Waals surface area contributed by atoms with Crippen LogP contribution in [0, 0.1) is 5.92 Å². The lowest BCUT2D eigenvalue weighted by atomic mass is 9.93. The predicted molar refractivity (Wildman–Crippen MR) is 83.9 cm³/mol. The molecule has 0 fully saturated rings. The Bertz CT molecular complexity index is 356. The van der Waals surface area contributed by atoms with E-state index >= 15 is 0 Å². The molecule has 0 saturated carbocycles. The second-order valence-corrected chi connectivity index (χ2v) is 5.55. The van der Waals surface area contributed by atoms with Crippen LogP contribution in [0.15, 0.2) is 11.1 Å². The van der Waals surface area contributed by atoms with Gasteiger partial charge in [-0.25, -0.2) is 9.59 Å². The van der Waals surface area contributed by atoms with Crippen LogP contribution in [0.4, 0.5) is 0 Å². The third-order valence-corrected chi connectivity index (χ3v) is 3.52. The third-order valence-electron chi connectivity index (χ3n) is 3.52. The van der Waals surface area contributed by atoms with Crippen LogP contribution in [0.1, 0.15) is 65.7 Å². The van der Waals surface area contributed by atoms with Gasteiger partial charge in [-0.1, -0.05) is 52.9 Å². The van der Waals surface area contributed by atoms with E-state index < -0.39 is 11.9 Å². The molecule has 0 amide bonds. The summed E-state index contributed by atoms with van der Waals surface area (Å²) in [6, 6.07) is 0. The number of hydrogen-bond acceptors (Lipinski definition) is 4. The van der Waals surface area contributed by atoms with Gasteiger partial charge in [-0.3, -0.25) is 0 Å². The fourth-order valence-electron chi connectivity index (χ4n) is 2.37. The smallest absolute Gasteiger partial charge is 0.334 e. The molecule has 0 aliphatic rings. The number of esters is 2. The van der Waals surface area contributed by atoms with Gasteiger partial charge in [-0.2, -0.15) is 0 Å². The number of methoxy groups -OCH3 is 2. The van der Waals surface area contributed by atoms with Crippen LogP contribution in [0.5, 0.6) is 0 Å². The van der Waals surface area contributed by atoms with E-state index in [0.717, 1.165) is 19.3 Å². The van der Waals surface area contributed by atoms with Crippen LogP contribution in [0.25, 0.3) is 0 Å². The van der Waals surface area contributed by atoms with Gasteiger partial charge in [0.25, 0.3) is 0 Å². The zero-order valence-corrected chi connectivity index (χ0v) is 14.2. The summed E-state index contributed by atoms with van der Waals surface area (Å²) in [4.78, 5) is 23.9. The molecule has 0 aromatic carbocycles. The zero-order chi connectivity index (χ0) is 16.3. The van der Waals surface area contributed by atoms with Crippen LogP contribution >= 0.6 is 0 Å². The van der Waals surface area contributed by atoms with E-state index in [9.17, 15) is 9.59 Å². The zero-order valence-electron chi connectivity index (χ0n) is 14.2. The average molecular weight is 298 g/mol. The highest BCUT2D eigenvalue weighted by atomic mass is 16.5. The van der Waals surface area contributed by atoms with Gasteiger partial charge in [0, 0.05) is 5.57 Å². The van der Waals surface area contributed by atoms with Gasteiger partial charge < -0.3 is 9.47 Å². The van der Waals surface area contributed by atoms with Crippen molar-refractivity contribution in [1.29, 1.82) is 0 Å². The summed E-state index contributed by atoms with van der Waals surface area (Å²) in [5, 5.41) is 0. The molecular formula is C17H30O4. The van der Waals surface area contributed by atoms with Crippen molar-refractivity contribution >= 4 is 11.9 Å². The Morgan fingerprint density at radius 2 is 1.38 bits per heavy atom. The van der Waals surface area contributed by atoms with Crippen LogP contribution in [-0.2, 0) is 19.1 Å². The van der Waals surface area contributed by atoms with E-state index in [4.69, 9.17) is 9.47 Å². The highest BCUT2D eigenvalue weighted by Crippen LogP contribution is 2.23. The van der Waals surface area contributed by atoms with Crippen molar-refractivity contribution in [3.05, 3.63) is 11.1 Å². The average Bonchev–Trinajstić information content (AvgIpc) is 2.47. The summed E-state index contributed by atoms with van der Waals surface area (Å²) in [7, 11) is 2.68. The molecule has 0 rings (SSSR count). The SMILES string of the molecule is CCCCCCCC/C(C(=O)OC)=C(/C(=O)OC)C(C)C. The molecule has 0 aromatic rings. The molecule has 0 aliphatic heterocycles. The third kappa shape index (κ3) is 7.30. The fraction of sp³-hybridized carbons (Fsp3) is 0.765. The first-order chi connectivity index (χ1) is 9.99. The first kappa shape index (κ1) is 19.7. The quantitative estimate of drug-likeness (QED) is 0.347. The van der Waals surface area contributed by atoms with Gasteiger partial charge in [-0.15, -0.1) is 0 Å². The van der Waals surface area contributed by atoms with Crippen molar-refractivity contribution < 1.29 is 19.1 Å². The highest BCUT2D eigenvalue weighted by molar-refractivity contribution is 6.00. The summed E-state index contributed by atoms with van der Waals surface area (Å²) >= 11 is 0. The molecule has 0 heterocycles. The van der Waals surface area contributed by atoms with E-state index in [2.05, 4.69) is 6.92 Å². The molecule has 4 heteroatoms. The Balaban J connectivity index is 4.84. The molecule has 0 aromatic heterocycles. The number of ether oxygens (including phenoxy) is 2. The van der Waals surface area contributed by atoms with Gasteiger partial charge in [-0.05, 0) is 18.8 Å². The van der Waals surface area contributed by atoms with Crippen molar-refractivity contribution in [1.82, 2.24) is 0 Å². The number of hydrogen-bond donors (Lipinski definition) is 0. The first-order valence-corrected chi connectivity index (χ1v) is 7.89. The fourth-order valence-corrected chi connectivity index (χ4v) is 2.37. The summed E-state index contributed by atoms with van der Waals surface area (Å²) in [5.74, 6) is -0.916. The Morgan fingerprint density at radius 1 is 0.857 bits per heavy atom. The van der Waals surface area contributed by atoms with E-state index in [1.165, 1.54) is 33.5 Å². The van der Waals surface area contributed by atoms with E-state index in [1.807, 2.05) is 13.8 Å². The highest BCUT2D eigenvalue weighted by Gasteiger charge is 2.24. The number of carbonyl (C=O) groups is 2. The molecule has 0 atom stereocenters. The maximum absolute atomic E-state index is 12.0. The maximum atomic E-state index is 12.0. The summed E-state index contributed by atoms with van der Waals surface area (Å²) in [6.07, 6.45) is 7.38. The van der Waals surface area contributed by atoms with Gasteiger partial charge in [0.2, 0.25) is 0 Å². The second kappa shape index (κ2) is 11.4. The van der Waals surface area contributed by atoms with Gasteiger partial charge in [0.05, 0.1) is 19.8 Å². The van der Waals surface area contributed by atoms with Crippen molar-refractivity contribution in [2.45, 2.75) is 65.7 Å². The maximum Gasteiger partial charge on any atom is 0.334 e. The summed E-state index contributed by atoms with van der Waals surface area (Å²) in [5.41, 5.74) is 0.910. The molecule has 0 N–H and O–H groups in total. The van der Waals surface area contributed by atoms with Crippen LogP contribution in [0.3, 0.4) is 0 Å². The molecule has 122 valence electrons. The lowest BCUT2D eigenvalue weighted by Crippen LogP contribution is -2.18. The molecule has 0 bridgehead atoms. The Labute approximate surface area is 128 Å². The largest absolute Gasteiger partial charge is 0.466 e. The number of rotatable bonds is 10. The van der Waals surface area contributed by atoms with Crippen LogP contribution < -0.4 is 0 Å². The van der Waals surface area contributed by atoms with Gasteiger partial charge in [0.1, 0.15) is 0 Å². The molecule has 0 spiro atoms.